The number of halogens is 1. The van der Waals surface area contributed by atoms with Crippen LogP contribution in [0.4, 0.5) is 10.1 Å². The van der Waals surface area contributed by atoms with Gasteiger partial charge in [-0.25, -0.2) is 4.39 Å². The molecule has 0 amide bonds. The lowest BCUT2D eigenvalue weighted by Crippen LogP contribution is -2.21. The summed E-state index contributed by atoms with van der Waals surface area (Å²) >= 11 is 0. The fourth-order valence-corrected chi connectivity index (χ4v) is 2.93. The highest BCUT2D eigenvalue weighted by Gasteiger charge is 2.21. The van der Waals surface area contributed by atoms with E-state index in [-0.39, 0.29) is 5.82 Å². The van der Waals surface area contributed by atoms with Crippen LogP contribution in [0.2, 0.25) is 0 Å². The molecule has 20 heavy (non-hydrogen) atoms. The topological polar surface area (TPSA) is 38.0 Å². The number of nitrogens with one attached hydrogen (secondary N) is 1. The third-order valence-corrected chi connectivity index (χ3v) is 3.94. The summed E-state index contributed by atoms with van der Waals surface area (Å²) in [6.45, 7) is 0.859. The Kier molecular flexibility index (Phi) is 3.70. The zero-order valence-corrected chi connectivity index (χ0v) is 11.4. The fourth-order valence-electron chi connectivity index (χ4n) is 2.93. The minimum absolute atomic E-state index is 0.163. The Bertz CT molecular complexity index is 610. The van der Waals surface area contributed by atoms with Gasteiger partial charge in [0.1, 0.15) is 5.82 Å². The molecule has 2 aromatic rings. The second kappa shape index (κ2) is 5.63. The normalized spacial score (nSPS) is 17.1. The Hall–Kier alpha value is -1.87. The molecule has 2 nitrogen and oxygen atoms in total. The summed E-state index contributed by atoms with van der Waals surface area (Å²) in [6, 6.07) is 13.4. The molecule has 1 atom stereocenters. The van der Waals surface area contributed by atoms with E-state index in [1.54, 1.807) is 12.1 Å². The Labute approximate surface area is 118 Å². The first-order valence-corrected chi connectivity index (χ1v) is 7.08. The van der Waals surface area contributed by atoms with Gasteiger partial charge in [0.25, 0.3) is 0 Å². The molecule has 104 valence electrons. The summed E-state index contributed by atoms with van der Waals surface area (Å²) in [6.07, 6.45) is 3.04. The van der Waals surface area contributed by atoms with Crippen LogP contribution in [0.3, 0.4) is 0 Å². The molecule has 0 saturated carbocycles. The predicted octanol–water partition coefficient (Wildman–Crippen LogP) is 3.23. The van der Waals surface area contributed by atoms with Crippen LogP contribution in [-0.2, 0) is 12.8 Å². The summed E-state index contributed by atoms with van der Waals surface area (Å²) in [5, 5.41) is 3.56. The van der Waals surface area contributed by atoms with E-state index in [2.05, 4.69) is 17.4 Å². The molecule has 0 saturated heterocycles. The molecular weight excluding hydrogens is 251 g/mol. The van der Waals surface area contributed by atoms with Gasteiger partial charge in [-0.1, -0.05) is 18.2 Å². The molecule has 3 N–H and O–H groups in total. The lowest BCUT2D eigenvalue weighted by molar-refractivity contribution is 0.533. The third-order valence-electron chi connectivity index (χ3n) is 3.94. The van der Waals surface area contributed by atoms with Gasteiger partial charge in [0, 0.05) is 11.7 Å². The average molecular weight is 270 g/mol. The number of fused-ring (bicyclic) bond motifs is 1. The Morgan fingerprint density at radius 2 is 2.10 bits per heavy atom. The molecule has 0 radical (unpaired) electrons. The lowest BCUT2D eigenvalue weighted by Gasteiger charge is -2.14. The van der Waals surface area contributed by atoms with Gasteiger partial charge in [-0.05, 0) is 66.8 Å². The van der Waals surface area contributed by atoms with Crippen molar-refractivity contribution in [1.82, 2.24) is 5.32 Å². The van der Waals surface area contributed by atoms with Crippen LogP contribution in [0, 0.1) is 5.82 Å². The van der Waals surface area contributed by atoms with Crippen molar-refractivity contribution in [2.75, 3.05) is 12.3 Å². The van der Waals surface area contributed by atoms with E-state index < -0.39 is 0 Å². The zero-order valence-electron chi connectivity index (χ0n) is 11.4. The molecule has 2 aromatic carbocycles. The maximum Gasteiger partial charge on any atom is 0.123 e. The van der Waals surface area contributed by atoms with E-state index in [0.717, 1.165) is 37.1 Å². The fraction of sp³-hybridized carbons (Fsp3) is 0.294. The number of benzene rings is 2. The Morgan fingerprint density at radius 1 is 1.20 bits per heavy atom. The maximum atomic E-state index is 13.1. The van der Waals surface area contributed by atoms with Crippen LogP contribution >= 0.6 is 0 Å². The molecule has 0 spiro atoms. The first-order valence-electron chi connectivity index (χ1n) is 7.08. The number of nitrogens with two attached hydrogens (primary N) is 1. The summed E-state index contributed by atoms with van der Waals surface area (Å²) in [5.74, 6) is -0.163. The average Bonchev–Trinajstić information content (AvgIpc) is 2.81. The van der Waals surface area contributed by atoms with Crippen molar-refractivity contribution in [1.29, 1.82) is 0 Å². The number of nitrogen functional groups attached to an aromatic ring is 1. The van der Waals surface area contributed by atoms with E-state index in [0.29, 0.717) is 6.04 Å². The highest BCUT2D eigenvalue weighted by atomic mass is 19.1. The third kappa shape index (κ3) is 2.83. The summed E-state index contributed by atoms with van der Waals surface area (Å²) in [4.78, 5) is 0. The number of anilines is 1. The van der Waals surface area contributed by atoms with Crippen LogP contribution in [-0.4, -0.2) is 6.54 Å². The van der Waals surface area contributed by atoms with Crippen LogP contribution in [0.15, 0.2) is 42.5 Å². The van der Waals surface area contributed by atoms with Gasteiger partial charge in [0.2, 0.25) is 0 Å². The molecular formula is C17H19FN2. The minimum Gasteiger partial charge on any atom is -0.399 e. The monoisotopic (exact) mass is 270 g/mol. The number of aryl methyl sites for hydroxylation is 1. The number of hydrogen-bond acceptors (Lipinski definition) is 2. The van der Waals surface area contributed by atoms with E-state index >= 15 is 0 Å². The second-order valence-corrected chi connectivity index (χ2v) is 5.38. The van der Waals surface area contributed by atoms with E-state index in [1.807, 2.05) is 12.1 Å². The van der Waals surface area contributed by atoms with Crippen molar-refractivity contribution in [3.63, 3.8) is 0 Å². The molecule has 1 aliphatic rings. The highest BCUT2D eigenvalue weighted by molar-refractivity contribution is 5.47. The standard InChI is InChI=1S/C17H19FN2/c18-14-3-1-2-12(10-14)8-9-20-17-7-4-13-11-15(19)5-6-16(13)17/h1-3,5-6,10-11,17,20H,4,7-9,19H2. The van der Waals surface area contributed by atoms with Crippen LogP contribution in [0.5, 0.6) is 0 Å². The number of hydrogen-bond donors (Lipinski definition) is 2. The molecule has 0 heterocycles. The molecule has 1 unspecified atom stereocenters. The Morgan fingerprint density at radius 3 is 2.95 bits per heavy atom. The van der Waals surface area contributed by atoms with Crippen LogP contribution < -0.4 is 11.1 Å². The van der Waals surface area contributed by atoms with E-state index in [4.69, 9.17) is 5.73 Å². The van der Waals surface area contributed by atoms with E-state index in [1.165, 1.54) is 17.2 Å². The zero-order chi connectivity index (χ0) is 13.9. The smallest absolute Gasteiger partial charge is 0.123 e. The molecule has 0 aliphatic heterocycles. The van der Waals surface area contributed by atoms with Gasteiger partial charge in [0.05, 0.1) is 0 Å². The van der Waals surface area contributed by atoms with Gasteiger partial charge in [-0.2, -0.15) is 0 Å². The molecule has 1 aliphatic carbocycles. The maximum absolute atomic E-state index is 13.1. The van der Waals surface area contributed by atoms with Crippen molar-refractivity contribution in [2.24, 2.45) is 0 Å². The van der Waals surface area contributed by atoms with Crippen LogP contribution in [0.25, 0.3) is 0 Å². The number of rotatable bonds is 4. The van der Waals surface area contributed by atoms with Gasteiger partial charge in [-0.3, -0.25) is 0 Å². The first kappa shape index (κ1) is 13.1. The van der Waals surface area contributed by atoms with Crippen molar-refractivity contribution in [3.05, 3.63) is 65.0 Å². The molecule has 0 aromatic heterocycles. The van der Waals surface area contributed by atoms with Gasteiger partial charge < -0.3 is 11.1 Å². The molecule has 0 fully saturated rings. The summed E-state index contributed by atoms with van der Waals surface area (Å²) in [5.41, 5.74) is 10.4. The molecule has 0 bridgehead atoms. The predicted molar refractivity (Wildman–Crippen MR) is 80.0 cm³/mol. The van der Waals surface area contributed by atoms with Crippen LogP contribution in [0.1, 0.15) is 29.2 Å². The van der Waals surface area contributed by atoms with E-state index in [9.17, 15) is 4.39 Å². The van der Waals surface area contributed by atoms with Gasteiger partial charge in [-0.15, -0.1) is 0 Å². The Balaban J connectivity index is 1.58. The molecule has 3 heteroatoms. The van der Waals surface area contributed by atoms with Gasteiger partial charge in [0.15, 0.2) is 0 Å². The molecule has 3 rings (SSSR count). The summed E-state index contributed by atoms with van der Waals surface area (Å²) < 4.78 is 13.1. The summed E-state index contributed by atoms with van der Waals surface area (Å²) in [7, 11) is 0. The lowest BCUT2D eigenvalue weighted by atomic mass is 10.1. The first-order chi connectivity index (χ1) is 9.72. The minimum atomic E-state index is -0.163. The van der Waals surface area contributed by atoms with Crippen molar-refractivity contribution in [2.45, 2.75) is 25.3 Å². The van der Waals surface area contributed by atoms with Crippen molar-refractivity contribution >= 4 is 5.69 Å². The largest absolute Gasteiger partial charge is 0.399 e. The highest BCUT2D eigenvalue weighted by Crippen LogP contribution is 2.32. The van der Waals surface area contributed by atoms with Crippen molar-refractivity contribution < 1.29 is 4.39 Å². The second-order valence-electron chi connectivity index (χ2n) is 5.38. The van der Waals surface area contributed by atoms with Gasteiger partial charge >= 0.3 is 0 Å². The van der Waals surface area contributed by atoms with Crippen molar-refractivity contribution in [3.8, 4) is 0 Å². The quantitative estimate of drug-likeness (QED) is 0.837. The SMILES string of the molecule is Nc1ccc2c(c1)CCC2NCCc1cccc(F)c1.